The van der Waals surface area contributed by atoms with Gasteiger partial charge in [0.25, 0.3) is 0 Å². The summed E-state index contributed by atoms with van der Waals surface area (Å²) in [4.78, 5) is 18.9. The van der Waals surface area contributed by atoms with Gasteiger partial charge in [-0.3, -0.25) is 9.78 Å². The number of aromatic hydroxyl groups is 1. The van der Waals surface area contributed by atoms with Gasteiger partial charge in [-0.25, -0.2) is 4.39 Å². The molecule has 0 bridgehead atoms. The highest BCUT2D eigenvalue weighted by Gasteiger charge is 2.18. The Bertz CT molecular complexity index is 1650. The van der Waals surface area contributed by atoms with Gasteiger partial charge in [0.15, 0.2) is 28.2 Å². The maximum atomic E-state index is 15.1. The zero-order valence-electron chi connectivity index (χ0n) is 24.1. The van der Waals surface area contributed by atoms with Crippen molar-refractivity contribution < 1.29 is 33.6 Å². The van der Waals surface area contributed by atoms with E-state index >= 15 is 4.39 Å². The van der Waals surface area contributed by atoms with Crippen LogP contribution in [0.15, 0.2) is 66.9 Å². The standard InChI is InChI=1S/C32H33FN4O6S/c1-41-29-16-24-26(17-30(29)42-19-23(39)18-37-11-2-3-12-37)34-10-9-27(24)43-28-8-7-21(15-25(28)33)35-32(44)36-31(40)14-20-5-4-6-22(38)13-20/h4-10,13,15-17,23,38-39H,2-3,11-12,14,18-19H2,1H3,(H2,35,36,40,44). The molecule has 0 radical (unpaired) electrons. The molecule has 1 aromatic heterocycles. The van der Waals surface area contributed by atoms with Crippen molar-refractivity contribution in [1.29, 1.82) is 0 Å². The lowest BCUT2D eigenvalue weighted by Crippen LogP contribution is -2.35. The van der Waals surface area contributed by atoms with Crippen LogP contribution in [-0.4, -0.2) is 70.6 Å². The number of rotatable bonds is 11. The van der Waals surface area contributed by atoms with Gasteiger partial charge >= 0.3 is 0 Å². The maximum absolute atomic E-state index is 15.1. The fourth-order valence-electron chi connectivity index (χ4n) is 4.96. The third-order valence-electron chi connectivity index (χ3n) is 7.02. The van der Waals surface area contributed by atoms with Gasteiger partial charge in [-0.15, -0.1) is 0 Å². The number of β-amino-alcohol motifs (C(OH)–C–C–N with tert-alkyl or cyclic N) is 1. The van der Waals surface area contributed by atoms with Crippen LogP contribution in [0, 0.1) is 5.82 Å². The van der Waals surface area contributed by atoms with Crippen LogP contribution in [0.5, 0.6) is 28.7 Å². The Kier molecular flexibility index (Phi) is 10.1. The number of amides is 1. The largest absolute Gasteiger partial charge is 0.508 e. The molecule has 4 aromatic rings. The Balaban J connectivity index is 1.22. The molecule has 1 unspecified atom stereocenters. The number of methoxy groups -OCH3 is 1. The molecule has 0 aliphatic carbocycles. The summed E-state index contributed by atoms with van der Waals surface area (Å²) in [6.07, 6.45) is 3.19. The summed E-state index contributed by atoms with van der Waals surface area (Å²) >= 11 is 5.20. The first kappa shape index (κ1) is 30.9. The molecule has 1 aliphatic rings. The Morgan fingerprint density at radius 2 is 1.89 bits per heavy atom. The fourth-order valence-corrected chi connectivity index (χ4v) is 5.19. The molecule has 4 N–H and O–H groups in total. The van der Waals surface area contributed by atoms with E-state index in [0.29, 0.717) is 45.9 Å². The number of aliphatic hydroxyl groups is 1. The van der Waals surface area contributed by atoms with Crippen LogP contribution in [0.4, 0.5) is 10.1 Å². The number of carbonyl (C=O) groups excluding carboxylic acids is 1. The number of fused-ring (bicyclic) bond motifs is 1. The number of hydrogen-bond donors (Lipinski definition) is 4. The molecule has 1 aliphatic heterocycles. The maximum Gasteiger partial charge on any atom is 0.230 e. The molecule has 230 valence electrons. The number of aromatic nitrogens is 1. The molecule has 2 heterocycles. The van der Waals surface area contributed by atoms with Crippen molar-refractivity contribution >= 4 is 39.8 Å². The monoisotopic (exact) mass is 620 g/mol. The highest BCUT2D eigenvalue weighted by atomic mass is 32.1. The summed E-state index contributed by atoms with van der Waals surface area (Å²) in [6.45, 7) is 2.62. The highest BCUT2D eigenvalue weighted by molar-refractivity contribution is 7.80. The Morgan fingerprint density at radius 1 is 1.07 bits per heavy atom. The highest BCUT2D eigenvalue weighted by Crippen LogP contribution is 2.38. The van der Waals surface area contributed by atoms with E-state index in [1.165, 1.54) is 31.4 Å². The first-order valence-electron chi connectivity index (χ1n) is 14.1. The number of thiocarbonyl (C=S) groups is 1. The second-order valence-corrected chi connectivity index (χ2v) is 10.8. The van der Waals surface area contributed by atoms with Gasteiger partial charge in [0.05, 0.1) is 19.0 Å². The third kappa shape index (κ3) is 8.10. The number of pyridine rings is 1. The van der Waals surface area contributed by atoms with Crippen LogP contribution in [0.3, 0.4) is 0 Å². The third-order valence-corrected chi connectivity index (χ3v) is 7.23. The van der Waals surface area contributed by atoms with E-state index in [1.807, 2.05) is 0 Å². The van der Waals surface area contributed by atoms with E-state index in [4.69, 9.17) is 26.4 Å². The van der Waals surface area contributed by atoms with Gasteiger partial charge in [-0.2, -0.15) is 0 Å². The number of benzene rings is 3. The summed E-state index contributed by atoms with van der Waals surface area (Å²) in [6, 6.07) is 15.6. The molecule has 1 fully saturated rings. The van der Waals surface area contributed by atoms with Crippen molar-refractivity contribution in [2.45, 2.75) is 25.4 Å². The number of hydrogen-bond acceptors (Lipinski definition) is 9. The minimum atomic E-state index is -0.659. The zero-order chi connectivity index (χ0) is 31.1. The normalized spacial score (nSPS) is 13.8. The van der Waals surface area contributed by atoms with Crippen molar-refractivity contribution in [3.63, 3.8) is 0 Å². The van der Waals surface area contributed by atoms with E-state index in [1.54, 1.807) is 42.6 Å². The molecule has 1 atom stereocenters. The number of aliphatic hydroxyl groups excluding tert-OH is 1. The van der Waals surface area contributed by atoms with Crippen LogP contribution in [0.25, 0.3) is 10.9 Å². The SMILES string of the molecule is COc1cc2c(Oc3ccc(NC(=S)NC(=O)Cc4cccc(O)c4)cc3F)ccnc2cc1OCC(O)CN1CCCC1. The van der Waals surface area contributed by atoms with E-state index in [0.717, 1.165) is 25.9 Å². The summed E-state index contributed by atoms with van der Waals surface area (Å²) in [5.74, 6) is 0.174. The molecular weight excluding hydrogens is 587 g/mol. The average molecular weight is 621 g/mol. The fraction of sp³-hybridized carbons (Fsp3) is 0.281. The summed E-state index contributed by atoms with van der Waals surface area (Å²) < 4.78 is 32.4. The topological polar surface area (TPSA) is 125 Å². The number of ether oxygens (including phenoxy) is 3. The predicted molar refractivity (Wildman–Crippen MR) is 168 cm³/mol. The Morgan fingerprint density at radius 3 is 2.64 bits per heavy atom. The number of nitrogens with one attached hydrogen (secondary N) is 2. The molecule has 1 saturated heterocycles. The molecule has 12 heteroatoms. The van der Waals surface area contributed by atoms with Gasteiger partial charge in [-0.05, 0) is 80.1 Å². The van der Waals surface area contributed by atoms with E-state index in [2.05, 4.69) is 20.5 Å². The van der Waals surface area contributed by atoms with Crippen molar-refractivity contribution in [1.82, 2.24) is 15.2 Å². The number of phenolic OH excluding ortho intramolecular Hbond substituents is 1. The molecule has 3 aromatic carbocycles. The van der Waals surface area contributed by atoms with Crippen molar-refractivity contribution in [2.24, 2.45) is 0 Å². The number of halogens is 1. The van der Waals surface area contributed by atoms with Gasteiger partial charge in [0, 0.05) is 35.9 Å². The number of likely N-dealkylation sites (tertiary alicyclic amines) is 1. The minimum Gasteiger partial charge on any atom is -0.508 e. The van der Waals surface area contributed by atoms with Gasteiger partial charge in [0.2, 0.25) is 5.91 Å². The lowest BCUT2D eigenvalue weighted by atomic mass is 10.1. The van der Waals surface area contributed by atoms with Crippen molar-refractivity contribution in [3.8, 4) is 28.7 Å². The molecule has 0 spiro atoms. The van der Waals surface area contributed by atoms with Gasteiger partial charge in [-0.1, -0.05) is 12.1 Å². The summed E-state index contributed by atoms with van der Waals surface area (Å²) in [5, 5.41) is 25.9. The lowest BCUT2D eigenvalue weighted by molar-refractivity contribution is -0.119. The van der Waals surface area contributed by atoms with E-state index < -0.39 is 11.9 Å². The first-order valence-corrected chi connectivity index (χ1v) is 14.5. The number of phenols is 1. The molecule has 44 heavy (non-hydrogen) atoms. The molecule has 0 saturated carbocycles. The average Bonchev–Trinajstić information content (AvgIpc) is 3.50. The number of carbonyl (C=O) groups is 1. The van der Waals surface area contributed by atoms with Crippen LogP contribution in [-0.2, 0) is 11.2 Å². The zero-order valence-corrected chi connectivity index (χ0v) is 24.9. The van der Waals surface area contributed by atoms with Crippen LogP contribution < -0.4 is 24.8 Å². The van der Waals surface area contributed by atoms with Crippen LogP contribution in [0.2, 0.25) is 0 Å². The van der Waals surface area contributed by atoms with E-state index in [-0.39, 0.29) is 35.5 Å². The summed E-state index contributed by atoms with van der Waals surface area (Å²) in [5.41, 5.74) is 1.47. The van der Waals surface area contributed by atoms with Gasteiger partial charge < -0.3 is 40.0 Å². The number of nitrogens with zero attached hydrogens (tertiary/aromatic N) is 2. The first-order chi connectivity index (χ1) is 21.3. The minimum absolute atomic E-state index is 0.00275. The smallest absolute Gasteiger partial charge is 0.230 e. The predicted octanol–water partition coefficient (Wildman–Crippen LogP) is 4.77. The Hall–Kier alpha value is -4.52. The number of anilines is 1. The second kappa shape index (κ2) is 14.3. The van der Waals surface area contributed by atoms with Crippen molar-refractivity contribution in [3.05, 3.63) is 78.2 Å². The Labute approximate surface area is 259 Å². The lowest BCUT2D eigenvalue weighted by Gasteiger charge is -2.20. The van der Waals surface area contributed by atoms with E-state index in [9.17, 15) is 15.0 Å². The molecular formula is C32H33FN4O6S. The van der Waals surface area contributed by atoms with Crippen molar-refractivity contribution in [2.75, 3.05) is 38.7 Å². The molecule has 1 amide bonds. The second-order valence-electron chi connectivity index (χ2n) is 10.4. The van der Waals surface area contributed by atoms with Crippen LogP contribution >= 0.6 is 12.2 Å². The molecule has 5 rings (SSSR count). The van der Waals surface area contributed by atoms with Gasteiger partial charge in [0.1, 0.15) is 24.2 Å². The van der Waals surface area contributed by atoms with Crippen LogP contribution in [0.1, 0.15) is 18.4 Å². The summed E-state index contributed by atoms with van der Waals surface area (Å²) in [7, 11) is 1.51. The molecule has 10 nitrogen and oxygen atoms in total. The quantitative estimate of drug-likeness (QED) is 0.174.